The third kappa shape index (κ3) is 3.57. The minimum Gasteiger partial charge on any atom is -0.506 e. The van der Waals surface area contributed by atoms with E-state index in [1.165, 1.54) is 12.1 Å². The van der Waals surface area contributed by atoms with Crippen LogP contribution in [-0.4, -0.2) is 15.9 Å². The fourth-order valence-corrected chi connectivity index (χ4v) is 2.20. The molecule has 0 aliphatic heterocycles. The van der Waals surface area contributed by atoms with Crippen LogP contribution in [0.1, 0.15) is 32.1 Å². The number of carbonyl (C=O) groups is 1. The first-order chi connectivity index (χ1) is 9.56. The first kappa shape index (κ1) is 14.0. The van der Waals surface area contributed by atoms with Crippen molar-refractivity contribution in [3.63, 3.8) is 0 Å². The van der Waals surface area contributed by atoms with Gasteiger partial charge in [-0.15, -0.1) is 0 Å². The van der Waals surface area contributed by atoms with Gasteiger partial charge in [-0.25, -0.2) is 0 Å². The fraction of sp³-hybridized carbons (Fsp3) is 0.357. The van der Waals surface area contributed by atoms with Crippen molar-refractivity contribution < 1.29 is 14.8 Å². The number of phenols is 1. The second-order valence-corrected chi connectivity index (χ2v) is 4.79. The van der Waals surface area contributed by atoms with Crippen molar-refractivity contribution in [3.8, 4) is 5.75 Å². The van der Waals surface area contributed by atoms with Crippen molar-refractivity contribution in [2.45, 2.75) is 32.1 Å². The van der Waals surface area contributed by atoms with Gasteiger partial charge in [0, 0.05) is 18.6 Å². The van der Waals surface area contributed by atoms with E-state index in [2.05, 4.69) is 11.4 Å². The molecular formula is C14H16N2O4. The number of aromatic hydroxyl groups is 1. The van der Waals surface area contributed by atoms with Gasteiger partial charge in [-0.1, -0.05) is 11.6 Å². The topological polar surface area (TPSA) is 92.5 Å². The highest BCUT2D eigenvalue weighted by atomic mass is 16.6. The molecule has 106 valence electrons. The average molecular weight is 276 g/mol. The van der Waals surface area contributed by atoms with Gasteiger partial charge in [0.15, 0.2) is 0 Å². The zero-order valence-electron chi connectivity index (χ0n) is 11.0. The highest BCUT2D eigenvalue weighted by Gasteiger charge is 2.14. The maximum Gasteiger partial charge on any atom is 0.271 e. The highest BCUT2D eigenvalue weighted by Crippen LogP contribution is 2.28. The number of carbonyl (C=O) groups excluding carboxylic acids is 1. The molecule has 0 saturated carbocycles. The van der Waals surface area contributed by atoms with Gasteiger partial charge in [-0.2, -0.15) is 0 Å². The molecule has 1 aromatic rings. The molecule has 0 spiro atoms. The van der Waals surface area contributed by atoms with Crippen molar-refractivity contribution in [3.05, 3.63) is 40.0 Å². The molecule has 2 rings (SSSR count). The molecule has 0 unspecified atom stereocenters. The van der Waals surface area contributed by atoms with Crippen LogP contribution < -0.4 is 5.32 Å². The molecule has 0 heterocycles. The summed E-state index contributed by atoms with van der Waals surface area (Å²) in [5, 5.41) is 22.8. The fourth-order valence-electron chi connectivity index (χ4n) is 2.20. The molecule has 1 aromatic carbocycles. The number of hydrogen-bond donors (Lipinski definition) is 2. The number of nitrogens with zero attached hydrogens (tertiary/aromatic N) is 1. The first-order valence-electron chi connectivity index (χ1n) is 6.51. The van der Waals surface area contributed by atoms with E-state index < -0.39 is 4.92 Å². The van der Waals surface area contributed by atoms with Gasteiger partial charge in [-0.3, -0.25) is 14.9 Å². The molecule has 2 N–H and O–H groups in total. The number of benzene rings is 1. The molecule has 6 heteroatoms. The third-order valence-electron chi connectivity index (χ3n) is 3.24. The van der Waals surface area contributed by atoms with E-state index in [0.29, 0.717) is 0 Å². The van der Waals surface area contributed by atoms with E-state index in [1.54, 1.807) is 0 Å². The molecule has 0 atom stereocenters. The Balaban J connectivity index is 2.05. The second kappa shape index (κ2) is 6.18. The van der Waals surface area contributed by atoms with Crippen LogP contribution in [0.15, 0.2) is 29.8 Å². The Morgan fingerprint density at radius 1 is 1.40 bits per heavy atom. The smallest absolute Gasteiger partial charge is 0.271 e. The summed E-state index contributed by atoms with van der Waals surface area (Å²) in [4.78, 5) is 22.0. The summed E-state index contributed by atoms with van der Waals surface area (Å²) in [6.45, 7) is 0. The standard InChI is InChI=1S/C14H16N2O4/c17-13-7-6-11(16(19)20)9-12(13)15-14(18)8-10-4-2-1-3-5-10/h4,6-7,9,17H,1-3,5,8H2,(H,15,18). The molecule has 0 radical (unpaired) electrons. The lowest BCUT2D eigenvalue weighted by molar-refractivity contribution is -0.384. The Morgan fingerprint density at radius 2 is 2.20 bits per heavy atom. The van der Waals surface area contributed by atoms with Crippen molar-refractivity contribution in [1.29, 1.82) is 0 Å². The van der Waals surface area contributed by atoms with Gasteiger partial charge < -0.3 is 10.4 Å². The number of non-ortho nitro benzene ring substituents is 1. The van der Waals surface area contributed by atoms with Gasteiger partial charge in [0.2, 0.25) is 5.91 Å². The Kier molecular flexibility index (Phi) is 4.34. The molecule has 1 amide bonds. The Morgan fingerprint density at radius 3 is 2.85 bits per heavy atom. The Labute approximate surface area is 116 Å². The summed E-state index contributed by atoms with van der Waals surface area (Å²) in [6.07, 6.45) is 6.47. The normalized spacial score (nSPS) is 14.5. The number of allylic oxidation sites excluding steroid dienone is 1. The summed E-state index contributed by atoms with van der Waals surface area (Å²) in [6, 6.07) is 3.55. The second-order valence-electron chi connectivity index (χ2n) is 4.79. The summed E-state index contributed by atoms with van der Waals surface area (Å²) >= 11 is 0. The molecule has 20 heavy (non-hydrogen) atoms. The monoisotopic (exact) mass is 276 g/mol. The molecule has 0 aromatic heterocycles. The highest BCUT2D eigenvalue weighted by molar-refractivity contribution is 5.94. The summed E-state index contributed by atoms with van der Waals surface area (Å²) in [7, 11) is 0. The predicted octanol–water partition coefficient (Wildman–Crippen LogP) is 3.13. The summed E-state index contributed by atoms with van der Waals surface area (Å²) in [5.41, 5.74) is 0.981. The minimum atomic E-state index is -0.571. The van der Waals surface area contributed by atoms with Crippen LogP contribution in [0.2, 0.25) is 0 Å². The van der Waals surface area contributed by atoms with Crippen molar-refractivity contribution in [2.24, 2.45) is 0 Å². The third-order valence-corrected chi connectivity index (χ3v) is 3.24. The van der Waals surface area contributed by atoms with Gasteiger partial charge >= 0.3 is 0 Å². The van der Waals surface area contributed by atoms with Gasteiger partial charge in [0.1, 0.15) is 5.75 Å². The van der Waals surface area contributed by atoms with Crippen LogP contribution in [0.25, 0.3) is 0 Å². The van der Waals surface area contributed by atoms with E-state index in [9.17, 15) is 20.0 Å². The number of anilines is 1. The molecule has 1 aliphatic rings. The van der Waals surface area contributed by atoms with Crippen molar-refractivity contribution >= 4 is 17.3 Å². The van der Waals surface area contributed by atoms with Gasteiger partial charge in [0.25, 0.3) is 5.69 Å². The van der Waals surface area contributed by atoms with E-state index in [1.807, 2.05) is 0 Å². The lowest BCUT2D eigenvalue weighted by Gasteiger charge is -2.13. The van der Waals surface area contributed by atoms with Crippen LogP contribution in [0.4, 0.5) is 11.4 Å². The largest absolute Gasteiger partial charge is 0.506 e. The maximum atomic E-state index is 11.9. The quantitative estimate of drug-likeness (QED) is 0.382. The predicted molar refractivity (Wildman–Crippen MR) is 74.6 cm³/mol. The number of hydrogen-bond acceptors (Lipinski definition) is 4. The maximum absolute atomic E-state index is 11.9. The molecular weight excluding hydrogens is 260 g/mol. The lowest BCUT2D eigenvalue weighted by atomic mass is 9.97. The number of phenolic OH excluding ortho intramolecular Hbond substituents is 1. The number of rotatable bonds is 4. The molecule has 0 bridgehead atoms. The van der Waals surface area contributed by atoms with Crippen molar-refractivity contribution in [1.82, 2.24) is 0 Å². The molecule has 0 saturated heterocycles. The van der Waals surface area contributed by atoms with Crippen LogP contribution in [0.3, 0.4) is 0 Å². The average Bonchev–Trinajstić information content (AvgIpc) is 2.42. The Bertz CT molecular complexity index is 566. The van der Waals surface area contributed by atoms with E-state index >= 15 is 0 Å². The molecule has 1 aliphatic carbocycles. The first-order valence-corrected chi connectivity index (χ1v) is 6.51. The minimum absolute atomic E-state index is 0.0700. The van der Waals surface area contributed by atoms with Crippen LogP contribution in [0, 0.1) is 10.1 Å². The number of amides is 1. The Hall–Kier alpha value is -2.37. The van der Waals surface area contributed by atoms with Crippen LogP contribution >= 0.6 is 0 Å². The van der Waals surface area contributed by atoms with Crippen LogP contribution in [-0.2, 0) is 4.79 Å². The zero-order chi connectivity index (χ0) is 14.5. The molecule has 6 nitrogen and oxygen atoms in total. The van der Waals surface area contributed by atoms with Gasteiger partial charge in [0.05, 0.1) is 10.6 Å². The summed E-state index contributed by atoms with van der Waals surface area (Å²) in [5.74, 6) is -0.449. The molecule has 0 fully saturated rings. The number of nitrogens with one attached hydrogen (secondary N) is 1. The van der Waals surface area contributed by atoms with E-state index in [-0.39, 0.29) is 29.5 Å². The van der Waals surface area contributed by atoms with Crippen LogP contribution in [0.5, 0.6) is 5.75 Å². The SMILES string of the molecule is O=C(CC1=CCCCC1)Nc1cc([N+](=O)[O-])ccc1O. The number of nitro groups is 1. The lowest BCUT2D eigenvalue weighted by Crippen LogP contribution is -2.13. The zero-order valence-corrected chi connectivity index (χ0v) is 11.0. The van der Waals surface area contributed by atoms with Crippen molar-refractivity contribution in [2.75, 3.05) is 5.32 Å². The van der Waals surface area contributed by atoms with Gasteiger partial charge in [-0.05, 0) is 31.7 Å². The van der Waals surface area contributed by atoms with E-state index in [4.69, 9.17) is 0 Å². The summed E-state index contributed by atoms with van der Waals surface area (Å²) < 4.78 is 0. The number of nitro benzene ring substituents is 1. The van der Waals surface area contributed by atoms with E-state index in [0.717, 1.165) is 37.3 Å².